The first-order chi connectivity index (χ1) is 13.3. The Hall–Kier alpha value is -3.69. The van der Waals surface area contributed by atoms with Crippen molar-refractivity contribution in [1.29, 1.82) is 0 Å². The van der Waals surface area contributed by atoms with E-state index in [2.05, 4.69) is 0 Å². The zero-order chi connectivity index (χ0) is 20.6. The van der Waals surface area contributed by atoms with Gasteiger partial charge in [0.05, 0.1) is 28.1 Å². The number of fused-ring (bicyclic) bond motifs is 1. The van der Waals surface area contributed by atoms with Crippen LogP contribution >= 0.6 is 0 Å². The molecular weight excluding hydrogens is 368 g/mol. The van der Waals surface area contributed by atoms with E-state index in [1.807, 2.05) is 0 Å². The monoisotopic (exact) mass is 386 g/mol. The topological polar surface area (TPSA) is 118 Å². The molecule has 0 aliphatic carbocycles. The maximum atomic E-state index is 12.8. The van der Waals surface area contributed by atoms with Crippen LogP contribution in [-0.2, 0) is 30.2 Å². The molecule has 0 saturated carbocycles. The van der Waals surface area contributed by atoms with Gasteiger partial charge in [0, 0.05) is 38.0 Å². The third-order valence-corrected chi connectivity index (χ3v) is 4.45. The standard InChI is InChI=1S/C18H18N4O6/c1-4-28-14(23)10-21-9-13-15(17(24)20(3)18(25)19(13)2)16(21)11-6-5-7-12(8-11)22(26)27/h5-9H,4,10H2,1-3H3. The molecule has 0 amide bonds. The Morgan fingerprint density at radius 3 is 2.57 bits per heavy atom. The molecular formula is C18H18N4O6. The van der Waals surface area contributed by atoms with Crippen molar-refractivity contribution in [1.82, 2.24) is 13.7 Å². The first kappa shape index (κ1) is 19.1. The smallest absolute Gasteiger partial charge is 0.330 e. The lowest BCUT2D eigenvalue weighted by Crippen LogP contribution is -2.36. The lowest BCUT2D eigenvalue weighted by Gasteiger charge is -2.09. The summed E-state index contributed by atoms with van der Waals surface area (Å²) in [5, 5.41) is 11.4. The molecule has 2 aromatic heterocycles. The number of ether oxygens (including phenoxy) is 1. The van der Waals surface area contributed by atoms with Crippen LogP contribution in [0, 0.1) is 10.1 Å². The van der Waals surface area contributed by atoms with Crippen molar-refractivity contribution in [2.24, 2.45) is 14.1 Å². The lowest BCUT2D eigenvalue weighted by atomic mass is 10.1. The van der Waals surface area contributed by atoms with E-state index in [1.54, 1.807) is 13.0 Å². The Morgan fingerprint density at radius 1 is 1.21 bits per heavy atom. The molecule has 0 fully saturated rings. The lowest BCUT2D eigenvalue weighted by molar-refractivity contribution is -0.384. The van der Waals surface area contributed by atoms with Gasteiger partial charge >= 0.3 is 11.7 Å². The Balaban J connectivity index is 2.39. The Morgan fingerprint density at radius 2 is 1.93 bits per heavy atom. The maximum absolute atomic E-state index is 12.8. The van der Waals surface area contributed by atoms with Gasteiger partial charge in [-0.15, -0.1) is 0 Å². The van der Waals surface area contributed by atoms with E-state index in [0.717, 1.165) is 4.57 Å². The minimum atomic E-state index is -0.554. The summed E-state index contributed by atoms with van der Waals surface area (Å²) in [6, 6.07) is 5.75. The van der Waals surface area contributed by atoms with Crippen molar-refractivity contribution in [3.05, 3.63) is 61.4 Å². The second-order valence-corrected chi connectivity index (χ2v) is 6.18. The molecule has 0 bridgehead atoms. The molecule has 2 heterocycles. The van der Waals surface area contributed by atoms with Gasteiger partial charge in [0.2, 0.25) is 0 Å². The zero-order valence-corrected chi connectivity index (χ0v) is 15.5. The van der Waals surface area contributed by atoms with Crippen molar-refractivity contribution in [2.75, 3.05) is 6.61 Å². The van der Waals surface area contributed by atoms with E-state index in [1.165, 1.54) is 47.6 Å². The van der Waals surface area contributed by atoms with Crippen LogP contribution in [0.1, 0.15) is 6.92 Å². The average molecular weight is 386 g/mol. The van der Waals surface area contributed by atoms with Crippen molar-refractivity contribution in [2.45, 2.75) is 13.5 Å². The highest BCUT2D eigenvalue weighted by Crippen LogP contribution is 2.30. The zero-order valence-electron chi connectivity index (χ0n) is 15.5. The highest BCUT2D eigenvalue weighted by molar-refractivity contribution is 5.94. The van der Waals surface area contributed by atoms with Gasteiger partial charge in [-0.05, 0) is 6.92 Å². The molecule has 0 unspecified atom stereocenters. The highest BCUT2D eigenvalue weighted by Gasteiger charge is 2.22. The quantitative estimate of drug-likeness (QED) is 0.369. The van der Waals surface area contributed by atoms with E-state index in [9.17, 15) is 24.5 Å². The van der Waals surface area contributed by atoms with Crippen LogP contribution in [0.25, 0.3) is 22.2 Å². The van der Waals surface area contributed by atoms with Crippen LogP contribution in [0.5, 0.6) is 0 Å². The number of non-ortho nitro benzene ring substituents is 1. The molecule has 10 heteroatoms. The van der Waals surface area contributed by atoms with Gasteiger partial charge in [-0.3, -0.25) is 28.8 Å². The molecule has 0 aliphatic heterocycles. The van der Waals surface area contributed by atoms with Crippen molar-refractivity contribution in [3.8, 4) is 11.3 Å². The Bertz CT molecular complexity index is 1220. The fraction of sp³-hybridized carbons (Fsp3) is 0.278. The normalized spacial score (nSPS) is 11.0. The number of nitro groups is 1. The number of nitrogens with zero attached hydrogens (tertiary/aromatic N) is 4. The second kappa shape index (κ2) is 7.14. The molecule has 0 N–H and O–H groups in total. The predicted octanol–water partition coefficient (Wildman–Crippen LogP) is 1.18. The van der Waals surface area contributed by atoms with Gasteiger partial charge in [-0.25, -0.2) is 4.79 Å². The van der Waals surface area contributed by atoms with Gasteiger partial charge in [0.15, 0.2) is 0 Å². The minimum Gasteiger partial charge on any atom is -0.465 e. The molecule has 28 heavy (non-hydrogen) atoms. The molecule has 0 radical (unpaired) electrons. The number of esters is 1. The van der Waals surface area contributed by atoms with E-state index < -0.39 is 22.1 Å². The number of hydrogen-bond acceptors (Lipinski definition) is 6. The molecule has 1 aromatic carbocycles. The van der Waals surface area contributed by atoms with Crippen molar-refractivity contribution in [3.63, 3.8) is 0 Å². The number of aromatic nitrogens is 3. The van der Waals surface area contributed by atoms with Crippen molar-refractivity contribution >= 4 is 22.6 Å². The molecule has 0 aliphatic rings. The van der Waals surface area contributed by atoms with Gasteiger partial charge in [0.1, 0.15) is 6.54 Å². The van der Waals surface area contributed by atoms with E-state index in [-0.39, 0.29) is 24.2 Å². The van der Waals surface area contributed by atoms with E-state index >= 15 is 0 Å². The molecule has 0 saturated heterocycles. The minimum absolute atomic E-state index is 0.156. The number of benzene rings is 1. The van der Waals surface area contributed by atoms with Crippen LogP contribution in [0.4, 0.5) is 5.69 Å². The summed E-state index contributed by atoms with van der Waals surface area (Å²) in [6.07, 6.45) is 1.50. The van der Waals surface area contributed by atoms with Gasteiger partial charge in [-0.1, -0.05) is 12.1 Å². The fourth-order valence-corrected chi connectivity index (χ4v) is 3.14. The number of rotatable bonds is 5. The number of carbonyl (C=O) groups is 1. The first-order valence-corrected chi connectivity index (χ1v) is 8.45. The fourth-order valence-electron chi connectivity index (χ4n) is 3.14. The molecule has 146 valence electrons. The van der Waals surface area contributed by atoms with Crippen LogP contribution < -0.4 is 11.2 Å². The summed E-state index contributed by atoms with van der Waals surface area (Å²) >= 11 is 0. The average Bonchev–Trinajstić information content (AvgIpc) is 3.04. The Kier molecular flexibility index (Phi) is 4.87. The SMILES string of the molecule is CCOC(=O)Cn1cc2c(c1-c1cccc([N+](=O)[O-])c1)c(=O)n(C)c(=O)n2C. The van der Waals surface area contributed by atoms with Crippen LogP contribution in [0.3, 0.4) is 0 Å². The number of aryl methyl sites for hydroxylation is 1. The summed E-state index contributed by atoms with van der Waals surface area (Å²) in [4.78, 5) is 47.8. The number of hydrogen-bond donors (Lipinski definition) is 0. The maximum Gasteiger partial charge on any atom is 0.330 e. The highest BCUT2D eigenvalue weighted by atomic mass is 16.6. The first-order valence-electron chi connectivity index (χ1n) is 8.45. The molecule has 0 atom stereocenters. The summed E-state index contributed by atoms with van der Waals surface area (Å²) < 4.78 is 8.70. The summed E-state index contributed by atoms with van der Waals surface area (Å²) in [7, 11) is 2.86. The molecule has 10 nitrogen and oxygen atoms in total. The van der Waals surface area contributed by atoms with Crippen LogP contribution in [0.2, 0.25) is 0 Å². The van der Waals surface area contributed by atoms with Crippen LogP contribution in [0.15, 0.2) is 40.1 Å². The second-order valence-electron chi connectivity index (χ2n) is 6.18. The van der Waals surface area contributed by atoms with Crippen LogP contribution in [-0.4, -0.2) is 31.2 Å². The molecule has 3 aromatic rings. The predicted molar refractivity (Wildman–Crippen MR) is 101 cm³/mol. The number of carbonyl (C=O) groups excluding carboxylic acids is 1. The summed E-state index contributed by atoms with van der Waals surface area (Å²) in [5.41, 5.74) is -0.221. The van der Waals surface area contributed by atoms with E-state index in [4.69, 9.17) is 4.74 Å². The van der Waals surface area contributed by atoms with Gasteiger partial charge in [-0.2, -0.15) is 0 Å². The van der Waals surface area contributed by atoms with Gasteiger partial charge < -0.3 is 9.30 Å². The number of nitro benzene ring substituents is 1. The third-order valence-electron chi connectivity index (χ3n) is 4.45. The summed E-state index contributed by atoms with van der Waals surface area (Å²) in [6.45, 7) is 1.65. The Labute approximate surface area is 158 Å². The largest absolute Gasteiger partial charge is 0.465 e. The summed E-state index contributed by atoms with van der Waals surface area (Å²) in [5.74, 6) is -0.531. The molecule has 3 rings (SSSR count). The van der Waals surface area contributed by atoms with Crippen molar-refractivity contribution < 1.29 is 14.5 Å². The third kappa shape index (κ3) is 3.08. The van der Waals surface area contributed by atoms with E-state index in [0.29, 0.717) is 16.8 Å². The van der Waals surface area contributed by atoms with Gasteiger partial charge in [0.25, 0.3) is 11.2 Å². The molecule has 0 spiro atoms.